The maximum absolute atomic E-state index is 13.2. The van der Waals surface area contributed by atoms with E-state index in [-0.39, 0.29) is 12.4 Å². The molecule has 0 saturated heterocycles. The number of aliphatic hydroxyl groups is 1. The van der Waals surface area contributed by atoms with Crippen LogP contribution in [0.2, 0.25) is 0 Å². The molecule has 0 bridgehead atoms. The zero-order valence-electron chi connectivity index (χ0n) is 7.58. The number of aryl methyl sites for hydroxylation is 1. The molecule has 1 rings (SSSR count). The Balaban J connectivity index is 2.71. The van der Waals surface area contributed by atoms with Crippen molar-refractivity contribution in [2.24, 2.45) is 0 Å². The summed E-state index contributed by atoms with van der Waals surface area (Å²) in [5.41, 5.74) is 0.295. The minimum atomic E-state index is -0.533. The van der Waals surface area contributed by atoms with E-state index < -0.39 is 11.9 Å². The summed E-state index contributed by atoms with van der Waals surface area (Å²) in [5.74, 6) is -0.337. The van der Waals surface area contributed by atoms with Crippen LogP contribution in [0.3, 0.4) is 0 Å². The van der Waals surface area contributed by atoms with Crippen molar-refractivity contribution in [3.8, 4) is 0 Å². The van der Waals surface area contributed by atoms with Gasteiger partial charge in [0.2, 0.25) is 0 Å². The zero-order valence-corrected chi connectivity index (χ0v) is 7.58. The number of hydrogen-bond donors (Lipinski definition) is 2. The number of aromatic nitrogens is 2. The summed E-state index contributed by atoms with van der Waals surface area (Å²) in [6, 6.07) is 0. The van der Waals surface area contributed by atoms with Crippen LogP contribution >= 0.6 is 0 Å². The lowest BCUT2D eigenvalue weighted by atomic mass is 10.3. The monoisotopic (exact) mass is 185 g/mol. The van der Waals surface area contributed by atoms with Crippen molar-refractivity contribution in [2.45, 2.75) is 20.0 Å². The molecule has 0 amide bonds. The summed E-state index contributed by atoms with van der Waals surface area (Å²) in [4.78, 5) is 7.38. The fraction of sp³-hybridized carbons (Fsp3) is 0.500. The number of anilines is 1. The Kier molecular flexibility index (Phi) is 3.13. The molecular formula is C8H12FN3O. The van der Waals surface area contributed by atoms with Gasteiger partial charge in [-0.2, -0.15) is 0 Å². The van der Waals surface area contributed by atoms with Crippen molar-refractivity contribution in [2.75, 3.05) is 11.9 Å². The summed E-state index contributed by atoms with van der Waals surface area (Å²) >= 11 is 0. The molecule has 0 spiro atoms. The lowest BCUT2D eigenvalue weighted by Gasteiger charge is -2.08. The van der Waals surface area contributed by atoms with E-state index in [1.807, 2.05) is 0 Å². The molecule has 72 valence electrons. The third kappa shape index (κ3) is 2.62. The molecular weight excluding hydrogens is 173 g/mol. The highest BCUT2D eigenvalue weighted by molar-refractivity contribution is 5.36. The highest BCUT2D eigenvalue weighted by Gasteiger charge is 2.07. The maximum Gasteiger partial charge on any atom is 0.186 e. The topological polar surface area (TPSA) is 58.0 Å². The minimum absolute atomic E-state index is 0.133. The van der Waals surface area contributed by atoms with Gasteiger partial charge in [-0.25, -0.2) is 14.4 Å². The first kappa shape index (κ1) is 9.85. The molecule has 4 nitrogen and oxygen atoms in total. The number of nitrogens with one attached hydrogen (secondary N) is 1. The molecule has 2 N–H and O–H groups in total. The van der Waals surface area contributed by atoms with Crippen molar-refractivity contribution in [3.63, 3.8) is 0 Å². The highest BCUT2D eigenvalue weighted by Crippen LogP contribution is 2.10. The molecule has 13 heavy (non-hydrogen) atoms. The average molecular weight is 185 g/mol. The van der Waals surface area contributed by atoms with E-state index >= 15 is 0 Å². The first-order valence-corrected chi connectivity index (χ1v) is 4.00. The Morgan fingerprint density at radius 3 is 2.92 bits per heavy atom. The zero-order chi connectivity index (χ0) is 9.84. The summed E-state index contributed by atoms with van der Waals surface area (Å²) in [7, 11) is 0. The van der Waals surface area contributed by atoms with E-state index in [0.29, 0.717) is 5.69 Å². The molecule has 1 atom stereocenters. The smallest absolute Gasteiger partial charge is 0.186 e. The fourth-order valence-electron chi connectivity index (χ4n) is 0.826. The van der Waals surface area contributed by atoms with Crippen LogP contribution in [0.4, 0.5) is 10.2 Å². The van der Waals surface area contributed by atoms with E-state index in [2.05, 4.69) is 15.3 Å². The molecule has 1 aromatic rings. The van der Waals surface area contributed by atoms with Crippen LogP contribution in [0.15, 0.2) is 6.33 Å². The number of rotatable bonds is 3. The first-order chi connectivity index (χ1) is 6.11. The number of aliphatic hydroxyl groups excluding tert-OH is 1. The molecule has 0 aromatic carbocycles. The molecule has 1 aromatic heterocycles. The second-order valence-corrected chi connectivity index (χ2v) is 2.85. The van der Waals surface area contributed by atoms with Gasteiger partial charge < -0.3 is 10.4 Å². The second-order valence-electron chi connectivity index (χ2n) is 2.85. The Bertz CT molecular complexity index is 291. The predicted octanol–water partition coefficient (Wildman–Crippen LogP) is 0.717. The van der Waals surface area contributed by atoms with Gasteiger partial charge in [0.05, 0.1) is 11.8 Å². The van der Waals surface area contributed by atoms with E-state index in [1.165, 1.54) is 6.33 Å². The summed E-state index contributed by atoms with van der Waals surface area (Å²) < 4.78 is 13.2. The van der Waals surface area contributed by atoms with E-state index in [9.17, 15) is 4.39 Å². The van der Waals surface area contributed by atoms with Crippen LogP contribution in [0.25, 0.3) is 0 Å². The van der Waals surface area contributed by atoms with Crippen LogP contribution in [-0.4, -0.2) is 27.7 Å². The Morgan fingerprint density at radius 2 is 2.31 bits per heavy atom. The van der Waals surface area contributed by atoms with Crippen molar-refractivity contribution < 1.29 is 9.50 Å². The SMILES string of the molecule is Cc1ncnc(NC[C@@H](C)O)c1F. The third-order valence-electron chi connectivity index (χ3n) is 1.53. The van der Waals surface area contributed by atoms with Gasteiger partial charge in [-0.05, 0) is 13.8 Å². The van der Waals surface area contributed by atoms with E-state index in [1.54, 1.807) is 13.8 Å². The minimum Gasteiger partial charge on any atom is -0.392 e. The molecule has 0 aliphatic rings. The van der Waals surface area contributed by atoms with Gasteiger partial charge in [0, 0.05) is 6.54 Å². The van der Waals surface area contributed by atoms with Crippen molar-refractivity contribution in [3.05, 3.63) is 17.8 Å². The Labute approximate surface area is 75.8 Å². The highest BCUT2D eigenvalue weighted by atomic mass is 19.1. The van der Waals surface area contributed by atoms with Crippen LogP contribution in [0.1, 0.15) is 12.6 Å². The van der Waals surface area contributed by atoms with Gasteiger partial charge in [0.15, 0.2) is 11.6 Å². The van der Waals surface area contributed by atoms with Crippen molar-refractivity contribution >= 4 is 5.82 Å². The van der Waals surface area contributed by atoms with Crippen LogP contribution in [0.5, 0.6) is 0 Å². The molecule has 5 heteroatoms. The van der Waals surface area contributed by atoms with Crippen LogP contribution in [-0.2, 0) is 0 Å². The second kappa shape index (κ2) is 4.13. The van der Waals surface area contributed by atoms with Gasteiger partial charge in [-0.1, -0.05) is 0 Å². The van der Waals surface area contributed by atoms with E-state index in [4.69, 9.17) is 5.11 Å². The first-order valence-electron chi connectivity index (χ1n) is 4.00. The number of hydrogen-bond acceptors (Lipinski definition) is 4. The summed E-state index contributed by atoms with van der Waals surface area (Å²) in [5, 5.41) is 11.6. The van der Waals surface area contributed by atoms with Crippen molar-refractivity contribution in [1.82, 2.24) is 9.97 Å². The molecule has 1 heterocycles. The normalized spacial score (nSPS) is 12.6. The summed E-state index contributed by atoms with van der Waals surface area (Å²) in [6.07, 6.45) is 0.748. The molecule has 0 radical (unpaired) electrons. The van der Waals surface area contributed by atoms with Gasteiger partial charge >= 0.3 is 0 Å². The largest absolute Gasteiger partial charge is 0.392 e. The van der Waals surface area contributed by atoms with Crippen molar-refractivity contribution in [1.29, 1.82) is 0 Å². The third-order valence-corrected chi connectivity index (χ3v) is 1.53. The maximum atomic E-state index is 13.2. The van der Waals surface area contributed by atoms with Crippen LogP contribution < -0.4 is 5.32 Å². The lowest BCUT2D eigenvalue weighted by molar-refractivity contribution is 0.208. The van der Waals surface area contributed by atoms with Gasteiger partial charge in [-0.3, -0.25) is 0 Å². The van der Waals surface area contributed by atoms with Gasteiger partial charge in [0.1, 0.15) is 6.33 Å². The predicted molar refractivity (Wildman–Crippen MR) is 46.9 cm³/mol. The average Bonchev–Trinajstić information content (AvgIpc) is 2.07. The van der Waals surface area contributed by atoms with Gasteiger partial charge in [-0.15, -0.1) is 0 Å². The molecule has 0 saturated carbocycles. The van der Waals surface area contributed by atoms with E-state index in [0.717, 1.165) is 0 Å². The lowest BCUT2D eigenvalue weighted by Crippen LogP contribution is -2.17. The number of halogens is 1. The Hall–Kier alpha value is -1.23. The number of nitrogens with zero attached hydrogens (tertiary/aromatic N) is 2. The molecule has 0 fully saturated rings. The molecule has 0 aliphatic carbocycles. The van der Waals surface area contributed by atoms with Gasteiger partial charge in [0.25, 0.3) is 0 Å². The Morgan fingerprint density at radius 1 is 1.62 bits per heavy atom. The quantitative estimate of drug-likeness (QED) is 0.728. The molecule has 0 unspecified atom stereocenters. The van der Waals surface area contributed by atoms with Crippen LogP contribution in [0, 0.1) is 12.7 Å². The summed E-state index contributed by atoms with van der Waals surface area (Å²) in [6.45, 7) is 3.44. The molecule has 0 aliphatic heterocycles. The fourth-order valence-corrected chi connectivity index (χ4v) is 0.826. The standard InChI is InChI=1S/C8H12FN3O/c1-5(13)3-10-8-7(9)6(2)11-4-12-8/h4-5,13H,3H2,1-2H3,(H,10,11,12)/t5-/m1/s1.